The minimum absolute atomic E-state index is 0.0758. The summed E-state index contributed by atoms with van der Waals surface area (Å²) in [6, 6.07) is 14.7. The zero-order chi connectivity index (χ0) is 15.5. The van der Waals surface area contributed by atoms with E-state index in [-0.39, 0.29) is 11.8 Å². The minimum Gasteiger partial charge on any atom is -0.349 e. The molecule has 0 aliphatic heterocycles. The van der Waals surface area contributed by atoms with Gasteiger partial charge in [-0.2, -0.15) is 0 Å². The van der Waals surface area contributed by atoms with Crippen molar-refractivity contribution in [1.29, 1.82) is 0 Å². The van der Waals surface area contributed by atoms with Gasteiger partial charge in [-0.25, -0.2) is 0 Å². The highest BCUT2D eigenvalue weighted by molar-refractivity contribution is 6.05. The SMILES string of the molecule is Cc1cccc(NC(=O)c2ccc(C(=O)NC3CC3)cc2)c1. The molecule has 0 radical (unpaired) electrons. The van der Waals surface area contributed by atoms with Gasteiger partial charge in [0.2, 0.25) is 0 Å². The number of aryl methyl sites for hydroxylation is 1. The number of carbonyl (C=O) groups is 2. The number of carbonyl (C=O) groups excluding carboxylic acids is 2. The van der Waals surface area contributed by atoms with Crippen molar-refractivity contribution < 1.29 is 9.59 Å². The fourth-order valence-corrected chi connectivity index (χ4v) is 2.20. The van der Waals surface area contributed by atoms with Crippen LogP contribution in [0.5, 0.6) is 0 Å². The molecule has 4 nitrogen and oxygen atoms in total. The number of nitrogens with one attached hydrogen (secondary N) is 2. The van der Waals surface area contributed by atoms with Crippen molar-refractivity contribution in [3.05, 3.63) is 65.2 Å². The van der Waals surface area contributed by atoms with Crippen LogP contribution in [-0.2, 0) is 0 Å². The first-order valence-electron chi connectivity index (χ1n) is 7.41. The molecule has 1 aliphatic rings. The number of anilines is 1. The van der Waals surface area contributed by atoms with Crippen molar-refractivity contribution in [2.75, 3.05) is 5.32 Å². The molecule has 0 bridgehead atoms. The van der Waals surface area contributed by atoms with E-state index in [1.54, 1.807) is 24.3 Å². The molecular weight excluding hydrogens is 276 g/mol. The van der Waals surface area contributed by atoms with Crippen LogP contribution in [0.1, 0.15) is 39.1 Å². The number of hydrogen-bond acceptors (Lipinski definition) is 2. The maximum atomic E-state index is 12.2. The van der Waals surface area contributed by atoms with E-state index in [4.69, 9.17) is 0 Å². The molecule has 1 saturated carbocycles. The van der Waals surface area contributed by atoms with Gasteiger partial charge in [0.1, 0.15) is 0 Å². The predicted molar refractivity (Wildman–Crippen MR) is 86.1 cm³/mol. The molecule has 2 N–H and O–H groups in total. The Hall–Kier alpha value is -2.62. The van der Waals surface area contributed by atoms with Crippen LogP contribution in [0.4, 0.5) is 5.69 Å². The largest absolute Gasteiger partial charge is 0.349 e. The highest BCUT2D eigenvalue weighted by Crippen LogP contribution is 2.19. The molecule has 0 saturated heterocycles. The number of amides is 2. The van der Waals surface area contributed by atoms with Crippen molar-refractivity contribution in [3.8, 4) is 0 Å². The van der Waals surface area contributed by atoms with Crippen LogP contribution >= 0.6 is 0 Å². The molecule has 0 unspecified atom stereocenters. The highest BCUT2D eigenvalue weighted by atomic mass is 16.2. The maximum Gasteiger partial charge on any atom is 0.255 e. The number of hydrogen-bond donors (Lipinski definition) is 2. The van der Waals surface area contributed by atoms with E-state index in [1.165, 1.54) is 0 Å². The van der Waals surface area contributed by atoms with Crippen molar-refractivity contribution >= 4 is 17.5 Å². The van der Waals surface area contributed by atoms with Crippen LogP contribution in [0.15, 0.2) is 48.5 Å². The lowest BCUT2D eigenvalue weighted by molar-refractivity contribution is 0.0949. The quantitative estimate of drug-likeness (QED) is 0.910. The average Bonchev–Trinajstić information content (AvgIpc) is 3.31. The Labute approximate surface area is 129 Å². The first kappa shape index (κ1) is 14.3. The van der Waals surface area contributed by atoms with E-state index in [0.717, 1.165) is 24.1 Å². The Morgan fingerprint density at radius 2 is 1.59 bits per heavy atom. The number of rotatable bonds is 4. The smallest absolute Gasteiger partial charge is 0.255 e. The van der Waals surface area contributed by atoms with E-state index < -0.39 is 0 Å². The Bertz CT molecular complexity index is 703. The van der Waals surface area contributed by atoms with E-state index in [9.17, 15) is 9.59 Å². The van der Waals surface area contributed by atoms with Gasteiger partial charge in [-0.1, -0.05) is 12.1 Å². The first-order chi connectivity index (χ1) is 10.6. The molecule has 1 fully saturated rings. The summed E-state index contributed by atoms with van der Waals surface area (Å²) in [6.45, 7) is 1.98. The minimum atomic E-state index is -0.181. The zero-order valence-corrected chi connectivity index (χ0v) is 12.4. The standard InChI is InChI=1S/C18H18N2O2/c1-12-3-2-4-16(11-12)20-18(22)14-7-5-13(6-8-14)17(21)19-15-9-10-15/h2-8,11,15H,9-10H2,1H3,(H,19,21)(H,20,22). The molecule has 0 aromatic heterocycles. The zero-order valence-electron chi connectivity index (χ0n) is 12.4. The van der Waals surface area contributed by atoms with E-state index in [1.807, 2.05) is 31.2 Å². The van der Waals surface area contributed by atoms with Gasteiger partial charge in [0.05, 0.1) is 0 Å². The lowest BCUT2D eigenvalue weighted by Crippen LogP contribution is -2.25. The normalized spacial score (nSPS) is 13.5. The summed E-state index contributed by atoms with van der Waals surface area (Å²) in [7, 11) is 0. The summed E-state index contributed by atoms with van der Waals surface area (Å²) in [5, 5.41) is 5.78. The van der Waals surface area contributed by atoms with E-state index >= 15 is 0 Å². The van der Waals surface area contributed by atoms with Gasteiger partial charge in [0.25, 0.3) is 11.8 Å². The monoisotopic (exact) mass is 294 g/mol. The van der Waals surface area contributed by atoms with Crippen LogP contribution in [-0.4, -0.2) is 17.9 Å². The third kappa shape index (κ3) is 3.52. The Balaban J connectivity index is 1.66. The van der Waals surface area contributed by atoms with Crippen molar-refractivity contribution in [2.24, 2.45) is 0 Å². The Morgan fingerprint density at radius 1 is 0.955 bits per heavy atom. The molecular formula is C18H18N2O2. The van der Waals surface area contributed by atoms with Crippen LogP contribution < -0.4 is 10.6 Å². The number of benzene rings is 2. The fraction of sp³-hybridized carbons (Fsp3) is 0.222. The van der Waals surface area contributed by atoms with Crippen LogP contribution in [0.2, 0.25) is 0 Å². The molecule has 3 rings (SSSR count). The third-order valence-electron chi connectivity index (χ3n) is 3.60. The summed E-state index contributed by atoms with van der Waals surface area (Å²) in [4.78, 5) is 24.1. The highest BCUT2D eigenvalue weighted by Gasteiger charge is 2.23. The second-order valence-electron chi connectivity index (χ2n) is 5.65. The third-order valence-corrected chi connectivity index (χ3v) is 3.60. The molecule has 2 aromatic carbocycles. The van der Waals surface area contributed by atoms with Crippen molar-refractivity contribution in [1.82, 2.24) is 5.32 Å². The lowest BCUT2D eigenvalue weighted by Gasteiger charge is -2.07. The Morgan fingerprint density at radius 3 is 2.18 bits per heavy atom. The van der Waals surface area contributed by atoms with Gasteiger partial charge < -0.3 is 10.6 Å². The summed E-state index contributed by atoms with van der Waals surface area (Å²) < 4.78 is 0. The summed E-state index contributed by atoms with van der Waals surface area (Å²) in [6.07, 6.45) is 2.12. The molecule has 2 amide bonds. The molecule has 112 valence electrons. The Kier molecular flexibility index (Phi) is 3.92. The second-order valence-corrected chi connectivity index (χ2v) is 5.65. The maximum absolute atomic E-state index is 12.2. The predicted octanol–water partition coefficient (Wildman–Crippen LogP) is 3.14. The van der Waals surface area contributed by atoms with E-state index in [2.05, 4.69) is 10.6 Å². The molecule has 22 heavy (non-hydrogen) atoms. The van der Waals surface area contributed by atoms with Gasteiger partial charge in [-0.05, 0) is 61.7 Å². The summed E-state index contributed by atoms with van der Waals surface area (Å²) in [5.74, 6) is -0.257. The molecule has 2 aromatic rings. The second kappa shape index (κ2) is 6.02. The lowest BCUT2D eigenvalue weighted by atomic mass is 10.1. The summed E-state index contributed by atoms with van der Waals surface area (Å²) >= 11 is 0. The van der Waals surface area contributed by atoms with Gasteiger partial charge in [-0.3, -0.25) is 9.59 Å². The van der Waals surface area contributed by atoms with Crippen LogP contribution in [0.25, 0.3) is 0 Å². The van der Waals surface area contributed by atoms with Crippen molar-refractivity contribution in [2.45, 2.75) is 25.8 Å². The van der Waals surface area contributed by atoms with Crippen molar-refractivity contribution in [3.63, 3.8) is 0 Å². The van der Waals surface area contributed by atoms with Crippen LogP contribution in [0.3, 0.4) is 0 Å². The van der Waals surface area contributed by atoms with Gasteiger partial charge >= 0.3 is 0 Å². The fourth-order valence-electron chi connectivity index (χ4n) is 2.20. The molecule has 1 aliphatic carbocycles. The van der Waals surface area contributed by atoms with Gasteiger partial charge in [0, 0.05) is 22.9 Å². The molecule has 4 heteroatoms. The topological polar surface area (TPSA) is 58.2 Å². The molecule has 0 heterocycles. The first-order valence-corrected chi connectivity index (χ1v) is 7.41. The van der Waals surface area contributed by atoms with Gasteiger partial charge in [0.15, 0.2) is 0 Å². The van der Waals surface area contributed by atoms with E-state index in [0.29, 0.717) is 17.2 Å². The average molecular weight is 294 g/mol. The van der Waals surface area contributed by atoms with Gasteiger partial charge in [-0.15, -0.1) is 0 Å². The summed E-state index contributed by atoms with van der Waals surface area (Å²) in [5.41, 5.74) is 2.97. The molecule has 0 spiro atoms. The molecule has 0 atom stereocenters. The van der Waals surface area contributed by atoms with Crippen LogP contribution in [0, 0.1) is 6.92 Å².